The Bertz CT molecular complexity index is 417. The monoisotopic (exact) mass is 259 g/mol. The maximum absolute atomic E-state index is 11.6. The number of anilines is 2. The SMILES string of the molecule is COC(=O)c1c(N)nsc1N(C)C(C)(C)CO. The summed E-state index contributed by atoms with van der Waals surface area (Å²) >= 11 is 1.11. The van der Waals surface area contributed by atoms with Gasteiger partial charge >= 0.3 is 5.97 Å². The highest BCUT2D eigenvalue weighted by Gasteiger charge is 2.30. The van der Waals surface area contributed by atoms with Crippen LogP contribution in [0.25, 0.3) is 0 Å². The Morgan fingerprint density at radius 3 is 2.71 bits per heavy atom. The first-order chi connectivity index (χ1) is 7.85. The summed E-state index contributed by atoms with van der Waals surface area (Å²) in [6.45, 7) is 3.65. The van der Waals surface area contributed by atoms with Crippen LogP contribution in [0.15, 0.2) is 0 Å². The summed E-state index contributed by atoms with van der Waals surface area (Å²) < 4.78 is 8.62. The predicted molar refractivity (Wildman–Crippen MR) is 67.4 cm³/mol. The molecule has 6 nitrogen and oxygen atoms in total. The molecule has 1 aromatic rings. The van der Waals surface area contributed by atoms with Crippen LogP contribution in [0, 0.1) is 0 Å². The van der Waals surface area contributed by atoms with Gasteiger partial charge in [-0.3, -0.25) is 0 Å². The molecule has 0 radical (unpaired) electrons. The van der Waals surface area contributed by atoms with Crippen molar-refractivity contribution in [2.24, 2.45) is 0 Å². The molecule has 0 bridgehead atoms. The fraction of sp³-hybridized carbons (Fsp3) is 0.600. The van der Waals surface area contributed by atoms with E-state index in [2.05, 4.69) is 9.11 Å². The standard InChI is InChI=1S/C10H17N3O3S/c1-10(2,5-14)13(3)8-6(9(15)16-4)7(11)12-17-8/h14H,5H2,1-4H3,(H2,11,12). The van der Waals surface area contributed by atoms with E-state index in [0.717, 1.165) is 11.5 Å². The third kappa shape index (κ3) is 2.50. The average molecular weight is 259 g/mol. The predicted octanol–water partition coefficient (Wildman–Crippen LogP) is 0.719. The average Bonchev–Trinajstić information content (AvgIpc) is 2.69. The fourth-order valence-corrected chi connectivity index (χ4v) is 2.12. The van der Waals surface area contributed by atoms with Crippen LogP contribution in [0.5, 0.6) is 0 Å². The lowest BCUT2D eigenvalue weighted by molar-refractivity contribution is 0.0602. The lowest BCUT2D eigenvalue weighted by Crippen LogP contribution is -2.44. The first kappa shape index (κ1) is 13.7. The minimum absolute atomic E-state index is 0.0537. The van der Waals surface area contributed by atoms with Gasteiger partial charge in [0.25, 0.3) is 0 Å². The highest BCUT2D eigenvalue weighted by molar-refractivity contribution is 7.11. The Labute approximate surface area is 104 Å². The zero-order valence-corrected chi connectivity index (χ0v) is 11.2. The van der Waals surface area contributed by atoms with Gasteiger partial charge in [0, 0.05) is 7.05 Å². The molecular weight excluding hydrogens is 242 g/mol. The number of hydrogen-bond donors (Lipinski definition) is 2. The number of nitrogens with two attached hydrogens (primary N) is 1. The molecule has 17 heavy (non-hydrogen) atoms. The van der Waals surface area contributed by atoms with Gasteiger partial charge in [-0.15, -0.1) is 0 Å². The molecule has 0 aromatic carbocycles. The highest BCUT2D eigenvalue weighted by Crippen LogP contribution is 2.34. The summed E-state index contributed by atoms with van der Waals surface area (Å²) in [5, 5.41) is 9.91. The van der Waals surface area contributed by atoms with Crippen LogP contribution in [0.2, 0.25) is 0 Å². The number of aromatic nitrogens is 1. The second kappa shape index (κ2) is 4.89. The van der Waals surface area contributed by atoms with Crippen LogP contribution < -0.4 is 10.6 Å². The number of likely N-dealkylation sites (N-methyl/N-ethyl adjacent to an activating group) is 1. The van der Waals surface area contributed by atoms with E-state index in [1.165, 1.54) is 7.11 Å². The molecule has 7 heteroatoms. The minimum Gasteiger partial charge on any atom is -0.465 e. The van der Waals surface area contributed by atoms with E-state index in [1.54, 1.807) is 11.9 Å². The van der Waals surface area contributed by atoms with Crippen LogP contribution in [0.3, 0.4) is 0 Å². The number of nitrogens with zero attached hydrogens (tertiary/aromatic N) is 2. The summed E-state index contributed by atoms with van der Waals surface area (Å²) in [7, 11) is 3.07. The van der Waals surface area contributed by atoms with E-state index >= 15 is 0 Å². The molecule has 0 aliphatic carbocycles. The van der Waals surface area contributed by atoms with Gasteiger partial charge in [0.2, 0.25) is 0 Å². The van der Waals surface area contributed by atoms with Gasteiger partial charge in [-0.25, -0.2) is 4.79 Å². The number of aliphatic hydroxyl groups is 1. The zero-order chi connectivity index (χ0) is 13.2. The maximum atomic E-state index is 11.6. The molecule has 0 aliphatic rings. The lowest BCUT2D eigenvalue weighted by Gasteiger charge is -2.34. The van der Waals surface area contributed by atoms with E-state index in [4.69, 9.17) is 5.73 Å². The molecule has 0 saturated heterocycles. The van der Waals surface area contributed by atoms with Gasteiger partial charge in [0.05, 0.1) is 19.3 Å². The van der Waals surface area contributed by atoms with E-state index in [9.17, 15) is 9.90 Å². The van der Waals surface area contributed by atoms with Gasteiger partial charge in [0.1, 0.15) is 10.6 Å². The quantitative estimate of drug-likeness (QED) is 0.774. The first-order valence-electron chi connectivity index (χ1n) is 5.03. The number of nitrogen functional groups attached to an aromatic ring is 1. The molecule has 96 valence electrons. The van der Waals surface area contributed by atoms with E-state index < -0.39 is 11.5 Å². The molecule has 0 unspecified atom stereocenters. The molecule has 0 amide bonds. The van der Waals surface area contributed by atoms with Crippen molar-refractivity contribution in [3.05, 3.63) is 5.56 Å². The lowest BCUT2D eigenvalue weighted by atomic mass is 10.1. The Morgan fingerprint density at radius 2 is 2.24 bits per heavy atom. The summed E-state index contributed by atoms with van der Waals surface area (Å²) in [5.41, 5.74) is 5.39. The van der Waals surface area contributed by atoms with Crippen molar-refractivity contribution in [1.82, 2.24) is 4.37 Å². The molecule has 0 atom stereocenters. The number of aliphatic hydroxyl groups excluding tert-OH is 1. The van der Waals surface area contributed by atoms with Gasteiger partial charge < -0.3 is 20.5 Å². The third-order valence-corrected chi connectivity index (χ3v) is 3.63. The summed E-state index contributed by atoms with van der Waals surface area (Å²) in [5.74, 6) is -0.371. The maximum Gasteiger partial charge on any atom is 0.344 e. The van der Waals surface area contributed by atoms with E-state index in [-0.39, 0.29) is 18.0 Å². The Balaban J connectivity index is 3.19. The molecule has 0 saturated carbocycles. The van der Waals surface area contributed by atoms with E-state index in [0.29, 0.717) is 5.00 Å². The highest BCUT2D eigenvalue weighted by atomic mass is 32.1. The third-order valence-electron chi connectivity index (χ3n) is 2.69. The molecule has 0 spiro atoms. The van der Waals surface area contributed by atoms with Crippen molar-refractivity contribution >= 4 is 28.3 Å². The van der Waals surface area contributed by atoms with Gasteiger partial charge in [0.15, 0.2) is 5.82 Å². The molecular formula is C10H17N3O3S. The molecule has 0 fully saturated rings. The van der Waals surface area contributed by atoms with Gasteiger partial charge in [-0.1, -0.05) is 0 Å². The number of carbonyl (C=O) groups is 1. The van der Waals surface area contributed by atoms with Crippen molar-refractivity contribution < 1.29 is 14.6 Å². The van der Waals surface area contributed by atoms with Crippen LogP contribution in [-0.4, -0.2) is 41.8 Å². The Kier molecular flexibility index (Phi) is 3.94. The number of ether oxygens (including phenoxy) is 1. The molecule has 0 aliphatic heterocycles. The smallest absolute Gasteiger partial charge is 0.344 e. The molecule has 1 rings (SSSR count). The van der Waals surface area contributed by atoms with Crippen LogP contribution in [-0.2, 0) is 4.74 Å². The topological polar surface area (TPSA) is 88.7 Å². The first-order valence-corrected chi connectivity index (χ1v) is 5.80. The molecule has 3 N–H and O–H groups in total. The van der Waals surface area contributed by atoms with Crippen LogP contribution >= 0.6 is 11.5 Å². The Morgan fingerprint density at radius 1 is 1.65 bits per heavy atom. The number of carbonyl (C=O) groups excluding carboxylic acids is 1. The van der Waals surface area contributed by atoms with Crippen molar-refractivity contribution in [1.29, 1.82) is 0 Å². The van der Waals surface area contributed by atoms with Gasteiger partial charge in [-0.05, 0) is 25.4 Å². The van der Waals surface area contributed by atoms with Crippen LogP contribution in [0.1, 0.15) is 24.2 Å². The fourth-order valence-electron chi connectivity index (χ4n) is 1.20. The van der Waals surface area contributed by atoms with Crippen molar-refractivity contribution in [3.8, 4) is 0 Å². The van der Waals surface area contributed by atoms with Crippen LogP contribution in [0.4, 0.5) is 10.8 Å². The molecule has 1 heterocycles. The number of rotatable bonds is 4. The second-order valence-corrected chi connectivity index (χ2v) is 5.02. The largest absolute Gasteiger partial charge is 0.465 e. The number of methoxy groups -OCH3 is 1. The zero-order valence-electron chi connectivity index (χ0n) is 10.4. The number of hydrogen-bond acceptors (Lipinski definition) is 7. The normalized spacial score (nSPS) is 11.4. The minimum atomic E-state index is -0.521. The van der Waals surface area contributed by atoms with Crippen molar-refractivity contribution in [2.45, 2.75) is 19.4 Å². The summed E-state index contributed by atoms with van der Waals surface area (Å²) in [4.78, 5) is 13.4. The number of esters is 1. The molecule has 1 aromatic heterocycles. The van der Waals surface area contributed by atoms with E-state index in [1.807, 2.05) is 13.8 Å². The second-order valence-electron chi connectivity index (χ2n) is 4.27. The van der Waals surface area contributed by atoms with Crippen molar-refractivity contribution in [3.63, 3.8) is 0 Å². The van der Waals surface area contributed by atoms with Crippen molar-refractivity contribution in [2.75, 3.05) is 31.4 Å². The van der Waals surface area contributed by atoms with Gasteiger partial charge in [-0.2, -0.15) is 4.37 Å². The Hall–Kier alpha value is -1.34. The summed E-state index contributed by atoms with van der Waals surface area (Å²) in [6.07, 6.45) is 0. The summed E-state index contributed by atoms with van der Waals surface area (Å²) in [6, 6.07) is 0.